The minimum absolute atomic E-state index is 0. The predicted molar refractivity (Wildman–Crippen MR) is 127 cm³/mol. The number of aromatic nitrogens is 3. The molecule has 0 amide bonds. The van der Waals surface area contributed by atoms with Crippen molar-refractivity contribution in [3.8, 4) is 0 Å². The number of rotatable bonds is 9. The summed E-state index contributed by atoms with van der Waals surface area (Å²) in [6, 6.07) is 10.6. The second-order valence-corrected chi connectivity index (χ2v) is 7.48. The summed E-state index contributed by atoms with van der Waals surface area (Å²) < 4.78 is 1.98. The highest BCUT2D eigenvalue weighted by atomic mass is 127. The molecule has 28 heavy (non-hydrogen) atoms. The summed E-state index contributed by atoms with van der Waals surface area (Å²) in [5.41, 5.74) is 1.24. The number of hydrogen-bond donors (Lipinski definition) is 2. The van der Waals surface area contributed by atoms with Gasteiger partial charge < -0.3 is 15.2 Å². The molecular formula is C21H35IN6. The number of aryl methyl sites for hydroxylation is 1. The summed E-state index contributed by atoms with van der Waals surface area (Å²) in [7, 11) is 1.97. The van der Waals surface area contributed by atoms with Gasteiger partial charge in [0.2, 0.25) is 0 Å². The summed E-state index contributed by atoms with van der Waals surface area (Å²) >= 11 is 0. The van der Waals surface area contributed by atoms with Crippen LogP contribution in [-0.4, -0.2) is 27.3 Å². The third-order valence-corrected chi connectivity index (χ3v) is 4.71. The normalized spacial score (nSPS) is 12.6. The fourth-order valence-electron chi connectivity index (χ4n) is 2.81. The van der Waals surface area contributed by atoms with Gasteiger partial charge in [0.05, 0.1) is 6.04 Å². The zero-order chi connectivity index (χ0) is 19.6. The number of nitrogens with zero attached hydrogens (tertiary/aromatic N) is 4. The van der Waals surface area contributed by atoms with Crippen LogP contribution in [0.4, 0.5) is 0 Å². The van der Waals surface area contributed by atoms with E-state index in [4.69, 9.17) is 4.99 Å². The maximum atomic E-state index is 4.74. The largest absolute Gasteiger partial charge is 0.356 e. The van der Waals surface area contributed by atoms with E-state index < -0.39 is 0 Å². The van der Waals surface area contributed by atoms with E-state index in [2.05, 4.69) is 65.9 Å². The first-order valence-electron chi connectivity index (χ1n) is 9.92. The van der Waals surface area contributed by atoms with Gasteiger partial charge in [-0.25, -0.2) is 4.99 Å². The van der Waals surface area contributed by atoms with Crippen LogP contribution < -0.4 is 10.6 Å². The van der Waals surface area contributed by atoms with Crippen molar-refractivity contribution in [1.82, 2.24) is 25.4 Å². The molecule has 2 N–H and O–H groups in total. The first-order valence-corrected chi connectivity index (χ1v) is 9.92. The molecule has 0 aliphatic heterocycles. The number of benzene rings is 1. The average molecular weight is 498 g/mol. The minimum Gasteiger partial charge on any atom is -0.356 e. The first-order chi connectivity index (χ1) is 13.0. The minimum atomic E-state index is 0. The van der Waals surface area contributed by atoms with E-state index in [0.717, 1.165) is 36.5 Å². The van der Waals surface area contributed by atoms with Crippen molar-refractivity contribution < 1.29 is 0 Å². The lowest BCUT2D eigenvalue weighted by Crippen LogP contribution is -2.39. The number of halogens is 1. The third-order valence-electron chi connectivity index (χ3n) is 4.71. The predicted octanol–water partition coefficient (Wildman–Crippen LogP) is 4.36. The van der Waals surface area contributed by atoms with Gasteiger partial charge in [-0.3, -0.25) is 0 Å². The lowest BCUT2D eigenvalue weighted by molar-refractivity contribution is 0.533. The third kappa shape index (κ3) is 8.16. The molecule has 0 spiro atoms. The maximum absolute atomic E-state index is 4.74. The molecule has 1 heterocycles. The zero-order valence-electron chi connectivity index (χ0n) is 17.8. The molecule has 0 radical (unpaired) electrons. The van der Waals surface area contributed by atoms with Crippen LogP contribution in [0.3, 0.4) is 0 Å². The average Bonchev–Trinajstić information content (AvgIpc) is 2.98. The Morgan fingerprint density at radius 1 is 1.11 bits per heavy atom. The first kappa shape index (κ1) is 24.4. The SMILES string of the molecule is Cc1nnc(CN=C(NCCCCC(C)C)NC(C)c2ccccc2)n1C.I. The molecular weight excluding hydrogens is 463 g/mol. The van der Waals surface area contributed by atoms with Crippen molar-refractivity contribution in [3.63, 3.8) is 0 Å². The smallest absolute Gasteiger partial charge is 0.192 e. The molecule has 2 aromatic rings. The van der Waals surface area contributed by atoms with Gasteiger partial charge in [0, 0.05) is 13.6 Å². The summed E-state index contributed by atoms with van der Waals surface area (Å²) in [5, 5.41) is 15.3. The van der Waals surface area contributed by atoms with Crippen LogP contribution in [0.1, 0.15) is 63.3 Å². The highest BCUT2D eigenvalue weighted by molar-refractivity contribution is 14.0. The number of nitrogens with one attached hydrogen (secondary N) is 2. The van der Waals surface area contributed by atoms with Crippen molar-refractivity contribution in [1.29, 1.82) is 0 Å². The van der Waals surface area contributed by atoms with Crippen molar-refractivity contribution in [2.24, 2.45) is 18.0 Å². The molecule has 0 fully saturated rings. The molecule has 0 saturated heterocycles. The Morgan fingerprint density at radius 3 is 2.43 bits per heavy atom. The zero-order valence-corrected chi connectivity index (χ0v) is 20.1. The topological polar surface area (TPSA) is 67.1 Å². The second kappa shape index (κ2) is 12.7. The molecule has 0 saturated carbocycles. The quantitative estimate of drug-likeness (QED) is 0.233. The van der Waals surface area contributed by atoms with E-state index in [-0.39, 0.29) is 30.0 Å². The molecule has 1 aromatic carbocycles. The van der Waals surface area contributed by atoms with Crippen LogP contribution in [0.2, 0.25) is 0 Å². The number of hydrogen-bond acceptors (Lipinski definition) is 3. The van der Waals surface area contributed by atoms with E-state index in [1.165, 1.54) is 18.4 Å². The van der Waals surface area contributed by atoms with E-state index in [1.807, 2.05) is 24.6 Å². The molecule has 1 unspecified atom stereocenters. The van der Waals surface area contributed by atoms with Crippen LogP contribution in [0.25, 0.3) is 0 Å². The fourth-order valence-corrected chi connectivity index (χ4v) is 2.81. The summed E-state index contributed by atoms with van der Waals surface area (Å²) in [4.78, 5) is 4.74. The van der Waals surface area contributed by atoms with Crippen molar-refractivity contribution in [2.45, 2.75) is 59.5 Å². The number of unbranched alkanes of at least 4 members (excludes halogenated alkanes) is 1. The van der Waals surface area contributed by atoms with Gasteiger partial charge in [-0.05, 0) is 31.7 Å². The molecule has 0 bridgehead atoms. The van der Waals surface area contributed by atoms with Crippen LogP contribution in [0.15, 0.2) is 35.3 Å². The number of aliphatic imine (C=N–C) groups is 1. The van der Waals surface area contributed by atoms with Crippen molar-refractivity contribution >= 4 is 29.9 Å². The molecule has 7 heteroatoms. The molecule has 1 atom stereocenters. The molecule has 156 valence electrons. The fraction of sp³-hybridized carbons (Fsp3) is 0.571. The Morgan fingerprint density at radius 2 is 1.82 bits per heavy atom. The van der Waals surface area contributed by atoms with Crippen LogP contribution in [0.5, 0.6) is 0 Å². The van der Waals surface area contributed by atoms with E-state index >= 15 is 0 Å². The Labute approximate surface area is 186 Å². The molecule has 6 nitrogen and oxygen atoms in total. The highest BCUT2D eigenvalue weighted by Crippen LogP contribution is 2.11. The van der Waals surface area contributed by atoms with Gasteiger partial charge >= 0.3 is 0 Å². The van der Waals surface area contributed by atoms with Crippen molar-refractivity contribution in [3.05, 3.63) is 47.5 Å². The Kier molecular flexibility index (Phi) is 11.1. The molecule has 0 aliphatic carbocycles. The van der Waals surface area contributed by atoms with E-state index in [0.29, 0.717) is 6.54 Å². The Bertz CT molecular complexity index is 711. The van der Waals surface area contributed by atoms with Gasteiger partial charge in [-0.2, -0.15) is 0 Å². The van der Waals surface area contributed by atoms with Gasteiger partial charge in [0.15, 0.2) is 11.8 Å². The molecule has 2 rings (SSSR count). The lowest BCUT2D eigenvalue weighted by Gasteiger charge is -2.19. The summed E-state index contributed by atoms with van der Waals surface area (Å²) in [6.07, 6.45) is 3.64. The number of guanidine groups is 1. The summed E-state index contributed by atoms with van der Waals surface area (Å²) in [6.45, 7) is 10.1. The van der Waals surface area contributed by atoms with E-state index in [9.17, 15) is 0 Å². The second-order valence-electron chi connectivity index (χ2n) is 7.48. The maximum Gasteiger partial charge on any atom is 0.192 e. The van der Waals surface area contributed by atoms with Gasteiger partial charge in [-0.1, -0.05) is 57.0 Å². The van der Waals surface area contributed by atoms with Crippen LogP contribution in [-0.2, 0) is 13.6 Å². The van der Waals surface area contributed by atoms with Crippen LogP contribution in [0, 0.1) is 12.8 Å². The highest BCUT2D eigenvalue weighted by Gasteiger charge is 2.09. The van der Waals surface area contributed by atoms with E-state index in [1.54, 1.807) is 0 Å². The van der Waals surface area contributed by atoms with Gasteiger partial charge in [0.1, 0.15) is 12.4 Å². The lowest BCUT2D eigenvalue weighted by atomic mass is 10.1. The molecule has 0 aliphatic rings. The van der Waals surface area contributed by atoms with Crippen LogP contribution >= 0.6 is 24.0 Å². The monoisotopic (exact) mass is 498 g/mol. The van der Waals surface area contributed by atoms with Gasteiger partial charge in [0.25, 0.3) is 0 Å². The van der Waals surface area contributed by atoms with Crippen molar-refractivity contribution in [2.75, 3.05) is 6.54 Å². The van der Waals surface area contributed by atoms with Gasteiger partial charge in [-0.15, -0.1) is 34.2 Å². The standard InChI is InChI=1S/C21H34N6.HI/c1-16(2)11-9-10-14-22-21(23-15-20-26-25-18(4)27(20)5)24-17(3)19-12-7-6-8-13-19;/h6-8,12-13,16-17H,9-11,14-15H2,1-5H3,(H2,22,23,24);1H. The Balaban J connectivity index is 0.00000392. The summed E-state index contributed by atoms with van der Waals surface area (Å²) in [5.74, 6) is 3.33. The molecule has 1 aromatic heterocycles. The Hall–Kier alpha value is -1.64.